The third-order valence-corrected chi connectivity index (χ3v) is 7.54. The maximum Gasteiger partial charge on any atom is 0.283 e. The molecular formula is C23H20FN5O4S. The average molecular weight is 482 g/mol. The molecule has 0 saturated heterocycles. The Bertz CT molecular complexity index is 1610. The Morgan fingerprint density at radius 2 is 1.94 bits per heavy atom. The molecule has 1 aliphatic heterocycles. The summed E-state index contributed by atoms with van der Waals surface area (Å²) < 4.78 is 42.4. The number of H-pyrrole nitrogens is 1. The van der Waals surface area contributed by atoms with E-state index in [-0.39, 0.29) is 22.6 Å². The van der Waals surface area contributed by atoms with Gasteiger partial charge in [-0.15, -0.1) is 0 Å². The summed E-state index contributed by atoms with van der Waals surface area (Å²) in [6.07, 6.45) is 2.05. The summed E-state index contributed by atoms with van der Waals surface area (Å²) in [5.41, 5.74) is 1.81. The smallest absolute Gasteiger partial charge is 0.283 e. The van der Waals surface area contributed by atoms with Crippen molar-refractivity contribution >= 4 is 32.5 Å². The van der Waals surface area contributed by atoms with Gasteiger partial charge in [-0.1, -0.05) is 6.07 Å². The quantitative estimate of drug-likeness (QED) is 0.461. The fraction of sp³-hybridized carbons (Fsp3) is 0.174. The first-order valence-electron chi connectivity index (χ1n) is 10.5. The molecule has 0 unspecified atom stereocenters. The molecule has 4 aromatic rings. The summed E-state index contributed by atoms with van der Waals surface area (Å²) >= 11 is 0. The van der Waals surface area contributed by atoms with Gasteiger partial charge in [0.05, 0.1) is 28.9 Å². The molecule has 174 valence electrons. The van der Waals surface area contributed by atoms with E-state index in [1.807, 2.05) is 4.90 Å². The number of rotatable bonds is 4. The van der Waals surface area contributed by atoms with E-state index in [1.54, 1.807) is 18.2 Å². The highest BCUT2D eigenvalue weighted by atomic mass is 32.2. The number of hydrogen-bond acceptors (Lipinski definition) is 6. The lowest BCUT2D eigenvalue weighted by Gasteiger charge is -2.29. The van der Waals surface area contributed by atoms with Crippen molar-refractivity contribution in [3.63, 3.8) is 0 Å². The number of aromatic nitrogens is 3. The van der Waals surface area contributed by atoms with Crippen LogP contribution in [0.2, 0.25) is 0 Å². The molecule has 9 nitrogen and oxygen atoms in total. The van der Waals surface area contributed by atoms with Crippen LogP contribution in [0.3, 0.4) is 0 Å². The lowest BCUT2D eigenvalue weighted by molar-refractivity contribution is 0.0959. The highest BCUT2D eigenvalue weighted by Crippen LogP contribution is 2.28. The minimum Gasteiger partial charge on any atom is -0.365 e. The molecule has 0 radical (unpaired) electrons. The van der Waals surface area contributed by atoms with Gasteiger partial charge in [0.2, 0.25) is 5.56 Å². The van der Waals surface area contributed by atoms with Gasteiger partial charge in [0.25, 0.3) is 15.9 Å². The summed E-state index contributed by atoms with van der Waals surface area (Å²) in [6.45, 7) is 0.729. The fourth-order valence-corrected chi connectivity index (χ4v) is 5.45. The number of halogens is 1. The Hall–Kier alpha value is -3.99. The molecule has 0 bridgehead atoms. The van der Waals surface area contributed by atoms with E-state index in [0.717, 1.165) is 9.65 Å². The first kappa shape index (κ1) is 21.8. The van der Waals surface area contributed by atoms with Crippen LogP contribution < -0.4 is 15.8 Å². The summed E-state index contributed by atoms with van der Waals surface area (Å²) in [6, 6.07) is 11.8. The van der Waals surface area contributed by atoms with E-state index >= 15 is 0 Å². The molecule has 0 aliphatic carbocycles. The Labute approximate surface area is 193 Å². The van der Waals surface area contributed by atoms with Crippen molar-refractivity contribution in [3.8, 4) is 0 Å². The van der Waals surface area contributed by atoms with Crippen LogP contribution in [0.4, 0.5) is 10.1 Å². The van der Waals surface area contributed by atoms with Crippen LogP contribution in [0.15, 0.2) is 64.4 Å². The average Bonchev–Trinajstić information content (AvgIpc) is 3.27. The molecular weight excluding hydrogens is 461 g/mol. The number of pyridine rings is 1. The van der Waals surface area contributed by atoms with Crippen LogP contribution in [0.25, 0.3) is 10.9 Å². The van der Waals surface area contributed by atoms with E-state index in [9.17, 15) is 22.4 Å². The number of carbonyl (C=O) groups excluding carboxylic acids is 1. The van der Waals surface area contributed by atoms with Crippen molar-refractivity contribution in [2.45, 2.75) is 17.9 Å². The molecule has 5 rings (SSSR count). The van der Waals surface area contributed by atoms with Gasteiger partial charge in [-0.25, -0.2) is 4.39 Å². The molecule has 34 heavy (non-hydrogen) atoms. The predicted octanol–water partition coefficient (Wildman–Crippen LogP) is 2.02. The lowest BCUT2D eigenvalue weighted by Crippen LogP contribution is -2.33. The van der Waals surface area contributed by atoms with Crippen molar-refractivity contribution in [3.05, 3.63) is 87.7 Å². The number of fused-ring (bicyclic) bond motifs is 2. The van der Waals surface area contributed by atoms with Gasteiger partial charge in [-0.05, 0) is 53.8 Å². The van der Waals surface area contributed by atoms with E-state index in [4.69, 9.17) is 0 Å². The van der Waals surface area contributed by atoms with Crippen molar-refractivity contribution in [1.29, 1.82) is 0 Å². The number of carbonyl (C=O) groups is 1. The Balaban J connectivity index is 1.50. The maximum atomic E-state index is 14.5. The number of aromatic amines is 1. The van der Waals surface area contributed by atoms with Crippen molar-refractivity contribution in [2.75, 3.05) is 18.5 Å². The Morgan fingerprint density at radius 1 is 1.15 bits per heavy atom. The van der Waals surface area contributed by atoms with Gasteiger partial charge in [0, 0.05) is 30.9 Å². The zero-order chi connectivity index (χ0) is 24.0. The van der Waals surface area contributed by atoms with Crippen molar-refractivity contribution in [1.82, 2.24) is 19.5 Å². The number of anilines is 1. The minimum atomic E-state index is -4.05. The highest BCUT2D eigenvalue weighted by Gasteiger charge is 2.28. The zero-order valence-electron chi connectivity index (χ0n) is 18.1. The van der Waals surface area contributed by atoms with Crippen LogP contribution in [-0.4, -0.2) is 42.1 Å². The normalized spacial score (nSPS) is 13.6. The number of amides is 1. The topological polar surface area (TPSA) is 117 Å². The first-order chi connectivity index (χ1) is 16.3. The largest absolute Gasteiger partial charge is 0.365 e. The third-order valence-electron chi connectivity index (χ3n) is 5.92. The third kappa shape index (κ3) is 3.63. The maximum absolute atomic E-state index is 14.5. The van der Waals surface area contributed by atoms with Crippen LogP contribution in [0.1, 0.15) is 21.6 Å². The van der Waals surface area contributed by atoms with Crippen molar-refractivity contribution in [2.24, 2.45) is 0 Å². The van der Waals surface area contributed by atoms with E-state index in [1.165, 1.54) is 43.6 Å². The molecule has 2 N–H and O–H groups in total. The van der Waals surface area contributed by atoms with E-state index < -0.39 is 21.7 Å². The second kappa shape index (κ2) is 8.10. The monoisotopic (exact) mass is 481 g/mol. The number of nitrogens with one attached hydrogen (secondary N) is 2. The van der Waals surface area contributed by atoms with Crippen LogP contribution in [-0.2, 0) is 23.0 Å². The van der Waals surface area contributed by atoms with E-state index in [0.29, 0.717) is 35.2 Å². The Kier molecular flexibility index (Phi) is 5.20. The van der Waals surface area contributed by atoms with Gasteiger partial charge in [0.1, 0.15) is 5.82 Å². The molecule has 11 heteroatoms. The SMILES string of the molecule is CNC(=O)c1ccc(N2CCc3cnn(S(=O)(=O)c4ccc5ccc(=O)[nH]c5c4)c3C2)cc1F. The van der Waals surface area contributed by atoms with Gasteiger partial charge in [-0.3, -0.25) is 9.59 Å². The molecule has 0 atom stereocenters. The predicted molar refractivity (Wildman–Crippen MR) is 124 cm³/mol. The van der Waals surface area contributed by atoms with Gasteiger partial charge in [0.15, 0.2) is 0 Å². The number of hydrogen-bond donors (Lipinski definition) is 2. The second-order valence-corrected chi connectivity index (χ2v) is 9.72. The van der Waals surface area contributed by atoms with Crippen LogP contribution in [0.5, 0.6) is 0 Å². The second-order valence-electron chi connectivity index (χ2n) is 7.95. The molecule has 0 spiro atoms. The molecule has 3 heterocycles. The number of nitrogens with zero attached hydrogens (tertiary/aromatic N) is 3. The van der Waals surface area contributed by atoms with Gasteiger partial charge >= 0.3 is 0 Å². The van der Waals surface area contributed by atoms with Gasteiger partial charge < -0.3 is 15.2 Å². The van der Waals surface area contributed by atoms with E-state index in [2.05, 4.69) is 15.4 Å². The summed E-state index contributed by atoms with van der Waals surface area (Å²) in [4.78, 5) is 27.9. The molecule has 0 saturated carbocycles. The zero-order valence-corrected chi connectivity index (χ0v) is 18.9. The van der Waals surface area contributed by atoms with Gasteiger partial charge in [-0.2, -0.15) is 17.6 Å². The minimum absolute atomic E-state index is 0.00847. The first-order valence-corrected chi connectivity index (χ1v) is 11.9. The highest BCUT2D eigenvalue weighted by molar-refractivity contribution is 7.89. The van der Waals surface area contributed by atoms with Crippen LogP contribution >= 0.6 is 0 Å². The fourth-order valence-electron chi connectivity index (χ4n) is 4.11. The van der Waals surface area contributed by atoms with Crippen molar-refractivity contribution < 1.29 is 17.6 Å². The number of benzene rings is 2. The Morgan fingerprint density at radius 3 is 2.71 bits per heavy atom. The molecule has 2 aromatic carbocycles. The lowest BCUT2D eigenvalue weighted by atomic mass is 10.1. The molecule has 0 fully saturated rings. The van der Waals surface area contributed by atoms with Crippen LogP contribution in [0, 0.1) is 5.82 Å². The summed E-state index contributed by atoms with van der Waals surface area (Å²) in [5, 5.41) is 7.24. The standard InChI is InChI=1S/C23H20FN5O4S/c1-25-23(31)18-6-4-16(10-19(18)24)28-9-8-15-12-26-29(21(15)13-28)34(32,33)17-5-2-14-3-7-22(30)27-20(14)11-17/h2-7,10-12H,8-9,13H2,1H3,(H,25,31)(H,27,30). The molecule has 2 aromatic heterocycles. The summed E-state index contributed by atoms with van der Waals surface area (Å²) in [7, 11) is -2.62. The molecule has 1 aliphatic rings. The molecule has 1 amide bonds. The summed E-state index contributed by atoms with van der Waals surface area (Å²) in [5.74, 6) is -1.18.